The summed E-state index contributed by atoms with van der Waals surface area (Å²) >= 11 is 0. The second-order valence-corrected chi connectivity index (χ2v) is 5.33. The lowest BCUT2D eigenvalue weighted by atomic mass is 9.97. The number of rotatable bonds is 6. The van der Waals surface area contributed by atoms with Crippen LogP contribution in [0.5, 0.6) is 0 Å². The Bertz CT molecular complexity index is 500. The number of carboxylic acids is 1. The molecule has 0 saturated carbocycles. The van der Waals surface area contributed by atoms with Crippen LogP contribution in [0.1, 0.15) is 12.5 Å². The summed E-state index contributed by atoms with van der Waals surface area (Å²) in [5.74, 6) is -1.00. The summed E-state index contributed by atoms with van der Waals surface area (Å²) in [4.78, 5) is 27.9. The van der Waals surface area contributed by atoms with E-state index in [4.69, 9.17) is 9.84 Å². The van der Waals surface area contributed by atoms with Crippen molar-refractivity contribution in [3.8, 4) is 0 Å². The van der Waals surface area contributed by atoms with E-state index in [1.165, 1.54) is 0 Å². The second kappa shape index (κ2) is 6.53. The molecule has 2 amide bonds. The van der Waals surface area contributed by atoms with Crippen molar-refractivity contribution in [2.45, 2.75) is 18.9 Å². The first kappa shape index (κ1) is 15.2. The van der Waals surface area contributed by atoms with E-state index in [9.17, 15) is 9.59 Å². The van der Waals surface area contributed by atoms with Gasteiger partial charge in [-0.2, -0.15) is 0 Å². The highest BCUT2D eigenvalue weighted by Crippen LogP contribution is 2.24. The summed E-state index contributed by atoms with van der Waals surface area (Å²) in [6.07, 6.45) is 4.20. The van der Waals surface area contributed by atoms with Gasteiger partial charge >= 0.3 is 12.0 Å². The Morgan fingerprint density at radius 1 is 1.52 bits per heavy atom. The molecule has 114 valence electrons. The number of hydrogen-bond donors (Lipinski definition) is 2. The molecule has 7 heteroatoms. The van der Waals surface area contributed by atoms with Crippen LogP contribution in [0.15, 0.2) is 24.5 Å². The topological polar surface area (TPSA) is 91.8 Å². The maximum absolute atomic E-state index is 11.9. The number of amides is 2. The Hall–Kier alpha value is -2.15. The van der Waals surface area contributed by atoms with Gasteiger partial charge < -0.3 is 20.1 Å². The van der Waals surface area contributed by atoms with Crippen LogP contribution in [0.4, 0.5) is 4.79 Å². The number of nitrogens with zero attached hydrogens (tertiary/aromatic N) is 2. The molecule has 1 aromatic heterocycles. The van der Waals surface area contributed by atoms with Gasteiger partial charge in [0.15, 0.2) is 0 Å². The molecule has 21 heavy (non-hydrogen) atoms. The van der Waals surface area contributed by atoms with Crippen molar-refractivity contribution in [2.75, 3.05) is 26.2 Å². The summed E-state index contributed by atoms with van der Waals surface area (Å²) < 4.78 is 5.25. The van der Waals surface area contributed by atoms with E-state index in [1.807, 2.05) is 12.1 Å². The second-order valence-electron chi connectivity index (χ2n) is 5.33. The molecule has 1 aliphatic heterocycles. The molecule has 0 aliphatic carbocycles. The van der Waals surface area contributed by atoms with Crippen LogP contribution in [-0.4, -0.2) is 58.8 Å². The Morgan fingerprint density at radius 2 is 2.29 bits per heavy atom. The first-order valence-electron chi connectivity index (χ1n) is 6.76. The highest BCUT2D eigenvalue weighted by Gasteiger charge is 2.42. The largest absolute Gasteiger partial charge is 0.480 e. The average Bonchev–Trinajstić information content (AvgIpc) is 2.43. The van der Waals surface area contributed by atoms with E-state index in [2.05, 4.69) is 10.3 Å². The summed E-state index contributed by atoms with van der Waals surface area (Å²) in [6, 6.07) is 3.66. The zero-order valence-corrected chi connectivity index (χ0v) is 11.9. The van der Waals surface area contributed by atoms with Gasteiger partial charge in [0.25, 0.3) is 0 Å². The number of aliphatic carboxylic acids is 1. The number of carbonyl (C=O) groups is 2. The van der Waals surface area contributed by atoms with Crippen molar-refractivity contribution in [1.82, 2.24) is 15.2 Å². The van der Waals surface area contributed by atoms with Gasteiger partial charge in [-0.05, 0) is 25.0 Å². The van der Waals surface area contributed by atoms with Gasteiger partial charge in [-0.15, -0.1) is 0 Å². The van der Waals surface area contributed by atoms with E-state index in [0.29, 0.717) is 19.6 Å². The van der Waals surface area contributed by atoms with Crippen LogP contribution >= 0.6 is 0 Å². The molecule has 0 bridgehead atoms. The fourth-order valence-electron chi connectivity index (χ4n) is 2.20. The van der Waals surface area contributed by atoms with Gasteiger partial charge in [0.05, 0.1) is 13.1 Å². The minimum atomic E-state index is -1.00. The lowest BCUT2D eigenvalue weighted by Crippen LogP contribution is -2.65. The number of hydrogen-bond acceptors (Lipinski definition) is 4. The number of carboxylic acid groups (broad SMARTS) is 1. The lowest BCUT2D eigenvalue weighted by molar-refractivity contribution is -0.159. The van der Waals surface area contributed by atoms with Crippen molar-refractivity contribution in [3.05, 3.63) is 30.1 Å². The van der Waals surface area contributed by atoms with Crippen LogP contribution in [0, 0.1) is 0 Å². The predicted molar refractivity (Wildman–Crippen MR) is 74.9 cm³/mol. The number of nitrogens with one attached hydrogen (secondary N) is 1. The molecule has 2 heterocycles. The molecule has 7 nitrogen and oxygen atoms in total. The van der Waals surface area contributed by atoms with E-state index < -0.39 is 11.6 Å². The zero-order valence-electron chi connectivity index (χ0n) is 11.9. The number of aromatic nitrogens is 1. The molecule has 0 spiro atoms. The van der Waals surface area contributed by atoms with Crippen LogP contribution in [0.25, 0.3) is 0 Å². The smallest absolute Gasteiger partial charge is 0.329 e. The standard InChI is InChI=1S/C14H19N3O4/c1-14(21-8-12(18)19)9-17(10-14)13(20)16-6-4-11-3-2-5-15-7-11/h2-3,5,7H,4,6,8-10H2,1H3,(H,16,20)(H,18,19). The third-order valence-corrected chi connectivity index (χ3v) is 3.29. The van der Waals surface area contributed by atoms with Crippen LogP contribution < -0.4 is 5.32 Å². The van der Waals surface area contributed by atoms with Gasteiger partial charge in [0.1, 0.15) is 12.2 Å². The quantitative estimate of drug-likeness (QED) is 0.797. The van der Waals surface area contributed by atoms with E-state index in [-0.39, 0.29) is 12.6 Å². The lowest BCUT2D eigenvalue weighted by Gasteiger charge is -2.46. The third kappa shape index (κ3) is 4.42. The van der Waals surface area contributed by atoms with Crippen LogP contribution in [-0.2, 0) is 16.0 Å². The Kier molecular flexibility index (Phi) is 4.74. The molecule has 1 fully saturated rings. The number of carbonyl (C=O) groups excluding carboxylic acids is 1. The van der Waals surface area contributed by atoms with Crippen molar-refractivity contribution in [2.24, 2.45) is 0 Å². The van der Waals surface area contributed by atoms with Crippen LogP contribution in [0.2, 0.25) is 0 Å². The van der Waals surface area contributed by atoms with Gasteiger partial charge in [-0.25, -0.2) is 9.59 Å². The number of pyridine rings is 1. The summed E-state index contributed by atoms with van der Waals surface area (Å²) in [6.45, 7) is 2.80. The molecule has 2 rings (SSSR count). The third-order valence-electron chi connectivity index (χ3n) is 3.29. The number of likely N-dealkylation sites (tertiary alicyclic amines) is 1. The van der Waals surface area contributed by atoms with Gasteiger partial charge in [0, 0.05) is 18.9 Å². The molecule has 2 N–H and O–H groups in total. The first-order chi connectivity index (χ1) is 9.98. The van der Waals surface area contributed by atoms with E-state index in [0.717, 1.165) is 12.0 Å². The summed E-state index contributed by atoms with van der Waals surface area (Å²) in [5, 5.41) is 11.4. The Morgan fingerprint density at radius 3 is 2.90 bits per heavy atom. The Balaban J connectivity index is 1.66. The van der Waals surface area contributed by atoms with Gasteiger partial charge in [-0.3, -0.25) is 4.98 Å². The number of ether oxygens (including phenoxy) is 1. The molecule has 1 aromatic rings. The van der Waals surface area contributed by atoms with Crippen molar-refractivity contribution in [3.63, 3.8) is 0 Å². The molecule has 0 unspecified atom stereocenters. The van der Waals surface area contributed by atoms with E-state index >= 15 is 0 Å². The van der Waals surface area contributed by atoms with Crippen molar-refractivity contribution < 1.29 is 19.4 Å². The SMILES string of the molecule is CC1(OCC(=O)O)CN(C(=O)NCCc2cccnc2)C1. The molecule has 0 radical (unpaired) electrons. The minimum Gasteiger partial charge on any atom is -0.480 e. The molecular formula is C14H19N3O4. The van der Waals surface area contributed by atoms with Crippen molar-refractivity contribution in [1.29, 1.82) is 0 Å². The van der Waals surface area contributed by atoms with E-state index in [1.54, 1.807) is 24.2 Å². The predicted octanol–water partition coefficient (Wildman–Crippen LogP) is 0.509. The fraction of sp³-hybridized carbons (Fsp3) is 0.500. The molecule has 0 aromatic carbocycles. The maximum atomic E-state index is 11.9. The fourth-order valence-corrected chi connectivity index (χ4v) is 2.20. The highest BCUT2D eigenvalue weighted by atomic mass is 16.5. The summed E-state index contributed by atoms with van der Waals surface area (Å²) in [5.41, 5.74) is 0.509. The normalized spacial score (nSPS) is 16.1. The summed E-state index contributed by atoms with van der Waals surface area (Å²) in [7, 11) is 0. The van der Waals surface area contributed by atoms with Gasteiger partial charge in [-0.1, -0.05) is 6.07 Å². The van der Waals surface area contributed by atoms with Gasteiger partial charge in [0.2, 0.25) is 0 Å². The molecule has 1 aliphatic rings. The maximum Gasteiger partial charge on any atom is 0.329 e. The van der Waals surface area contributed by atoms with Crippen LogP contribution in [0.3, 0.4) is 0 Å². The zero-order chi connectivity index (χ0) is 15.3. The average molecular weight is 293 g/mol. The first-order valence-corrected chi connectivity index (χ1v) is 6.76. The minimum absolute atomic E-state index is 0.157. The monoisotopic (exact) mass is 293 g/mol. The van der Waals surface area contributed by atoms with Crippen molar-refractivity contribution >= 4 is 12.0 Å². The molecule has 1 saturated heterocycles. The number of urea groups is 1. The Labute approximate surface area is 122 Å². The molecular weight excluding hydrogens is 274 g/mol. The molecule has 0 atom stereocenters. The highest BCUT2D eigenvalue weighted by molar-refractivity contribution is 5.75.